The highest BCUT2D eigenvalue weighted by atomic mass is 32.2. The topological polar surface area (TPSA) is 57.6 Å². The first-order valence-electron chi connectivity index (χ1n) is 5.19. The van der Waals surface area contributed by atoms with E-state index in [0.29, 0.717) is 17.3 Å². The summed E-state index contributed by atoms with van der Waals surface area (Å²) < 4.78 is 25.7. The predicted molar refractivity (Wildman–Crippen MR) is 62.8 cm³/mol. The van der Waals surface area contributed by atoms with Crippen molar-refractivity contribution >= 4 is 21.4 Å². The first-order chi connectivity index (χ1) is 7.55. The molecule has 4 nitrogen and oxygen atoms in total. The molecule has 0 atom stereocenters. The average molecular weight is 261 g/mol. The van der Waals surface area contributed by atoms with E-state index in [1.54, 1.807) is 18.5 Å². The van der Waals surface area contributed by atoms with Crippen LogP contribution in [-0.2, 0) is 16.6 Å². The van der Waals surface area contributed by atoms with Crippen LogP contribution in [0.5, 0.6) is 0 Å². The molecule has 16 heavy (non-hydrogen) atoms. The Morgan fingerprint density at radius 1 is 1.56 bits per heavy atom. The van der Waals surface area contributed by atoms with Crippen LogP contribution in [0.25, 0.3) is 0 Å². The molecule has 0 amide bonds. The van der Waals surface area contributed by atoms with Crippen LogP contribution in [0.2, 0.25) is 0 Å². The Morgan fingerprint density at radius 3 is 2.81 bits per heavy atom. The molecule has 90 valence electrons. The van der Waals surface area contributed by atoms with Crippen LogP contribution in [0.15, 0.2) is 16.3 Å². The number of sulfonamides is 1. The molecule has 0 aromatic carbocycles. The van der Waals surface area contributed by atoms with Gasteiger partial charge in [0.25, 0.3) is 0 Å². The minimum absolute atomic E-state index is 0.219. The van der Waals surface area contributed by atoms with Crippen LogP contribution >= 0.6 is 11.3 Å². The third kappa shape index (κ3) is 2.29. The molecule has 0 unspecified atom stereocenters. The molecule has 1 aliphatic rings. The predicted octanol–water partition coefficient (Wildman–Crippen LogP) is 1.27. The Balaban J connectivity index is 2.23. The van der Waals surface area contributed by atoms with Crippen LogP contribution in [0.3, 0.4) is 0 Å². The van der Waals surface area contributed by atoms with Gasteiger partial charge in [0.2, 0.25) is 10.0 Å². The van der Waals surface area contributed by atoms with Crippen molar-refractivity contribution in [2.75, 3.05) is 13.6 Å². The van der Waals surface area contributed by atoms with E-state index in [2.05, 4.69) is 0 Å². The van der Waals surface area contributed by atoms with Gasteiger partial charge in [0, 0.05) is 18.5 Å². The Morgan fingerprint density at radius 2 is 2.25 bits per heavy atom. The fourth-order valence-electron chi connectivity index (χ4n) is 1.60. The molecule has 0 bridgehead atoms. The van der Waals surface area contributed by atoms with Gasteiger partial charge in [-0.3, -0.25) is 0 Å². The van der Waals surface area contributed by atoms with E-state index in [9.17, 15) is 8.42 Å². The Bertz CT molecular complexity index is 462. The normalized spacial score (nSPS) is 16.9. The van der Waals surface area contributed by atoms with Gasteiger partial charge in [-0.1, -0.05) is 0 Å². The van der Waals surface area contributed by atoms with E-state index in [0.717, 1.165) is 12.8 Å². The van der Waals surface area contributed by atoms with E-state index in [1.807, 2.05) is 0 Å². The highest BCUT2D eigenvalue weighted by Crippen LogP contribution is 2.32. The summed E-state index contributed by atoms with van der Waals surface area (Å²) in [7, 11) is -1.81. The molecule has 6 heteroatoms. The number of hydrogen-bond donors (Lipinski definition) is 1. The smallest absolute Gasteiger partial charge is 0.244 e. The van der Waals surface area contributed by atoms with Crippen LogP contribution in [0.4, 0.5) is 0 Å². The lowest BCUT2D eigenvalue weighted by Gasteiger charge is -2.16. The molecule has 1 aromatic rings. The molecule has 1 heterocycles. The van der Waals surface area contributed by atoms with Crippen molar-refractivity contribution < 1.29 is 13.5 Å². The summed E-state index contributed by atoms with van der Waals surface area (Å²) in [6, 6.07) is 1.56. The second-order valence-corrected chi connectivity index (χ2v) is 7.11. The maximum atomic E-state index is 12.2. The third-order valence-electron chi connectivity index (χ3n) is 2.75. The summed E-state index contributed by atoms with van der Waals surface area (Å²) in [6.07, 6.45) is 2.24. The molecule has 1 saturated carbocycles. The van der Waals surface area contributed by atoms with Crippen molar-refractivity contribution in [2.24, 2.45) is 5.92 Å². The lowest BCUT2D eigenvalue weighted by Crippen LogP contribution is -2.29. The standard InChI is InChI=1S/C10H15NO3S2/c1-11(6-8-2-3-8)16(13,14)10-4-5-15-9(10)7-12/h4-5,8,12H,2-3,6-7H2,1H3. The molecule has 0 spiro atoms. The molecular formula is C10H15NO3S2. The SMILES string of the molecule is CN(CC1CC1)S(=O)(=O)c1ccsc1CO. The minimum atomic E-state index is -3.41. The van der Waals surface area contributed by atoms with Crippen LogP contribution in [0, 0.1) is 5.92 Å². The summed E-state index contributed by atoms with van der Waals surface area (Å²) in [6.45, 7) is 0.368. The van der Waals surface area contributed by atoms with E-state index in [1.165, 1.54) is 15.6 Å². The van der Waals surface area contributed by atoms with Gasteiger partial charge in [0.15, 0.2) is 0 Å². The highest BCUT2D eigenvalue weighted by Gasteiger charge is 2.30. The monoisotopic (exact) mass is 261 g/mol. The van der Waals surface area contributed by atoms with E-state index >= 15 is 0 Å². The first kappa shape index (κ1) is 12.0. The van der Waals surface area contributed by atoms with Gasteiger partial charge in [-0.15, -0.1) is 11.3 Å². The lowest BCUT2D eigenvalue weighted by atomic mass is 10.4. The Labute approximate surface area is 99.6 Å². The second kappa shape index (κ2) is 4.44. The second-order valence-electron chi connectivity index (χ2n) is 4.10. The van der Waals surface area contributed by atoms with Crippen molar-refractivity contribution in [1.82, 2.24) is 4.31 Å². The molecular weight excluding hydrogens is 246 g/mol. The third-order valence-corrected chi connectivity index (χ3v) is 5.69. The van der Waals surface area contributed by atoms with Gasteiger partial charge in [-0.25, -0.2) is 12.7 Å². The van der Waals surface area contributed by atoms with Gasteiger partial charge in [0.05, 0.1) is 11.5 Å². The van der Waals surface area contributed by atoms with E-state index in [-0.39, 0.29) is 11.5 Å². The molecule has 0 saturated heterocycles. The highest BCUT2D eigenvalue weighted by molar-refractivity contribution is 7.89. The number of rotatable bonds is 5. The Kier molecular flexibility index (Phi) is 3.34. The maximum absolute atomic E-state index is 12.2. The minimum Gasteiger partial charge on any atom is -0.391 e. The molecule has 1 N–H and O–H groups in total. The van der Waals surface area contributed by atoms with Gasteiger partial charge < -0.3 is 5.11 Å². The van der Waals surface area contributed by atoms with Crippen LogP contribution < -0.4 is 0 Å². The largest absolute Gasteiger partial charge is 0.391 e. The van der Waals surface area contributed by atoms with Gasteiger partial charge in [-0.2, -0.15) is 0 Å². The summed E-state index contributed by atoms with van der Waals surface area (Å²) >= 11 is 1.27. The van der Waals surface area contributed by atoms with E-state index in [4.69, 9.17) is 5.11 Å². The molecule has 1 aromatic heterocycles. The Hall–Kier alpha value is -0.430. The van der Waals surface area contributed by atoms with Gasteiger partial charge >= 0.3 is 0 Å². The van der Waals surface area contributed by atoms with Crippen molar-refractivity contribution in [3.63, 3.8) is 0 Å². The number of aliphatic hydroxyl groups excluding tert-OH is 1. The van der Waals surface area contributed by atoms with Gasteiger partial charge in [0.1, 0.15) is 0 Å². The summed E-state index contributed by atoms with van der Waals surface area (Å²) in [5.74, 6) is 0.524. The van der Waals surface area contributed by atoms with Crippen molar-refractivity contribution in [2.45, 2.75) is 24.3 Å². The summed E-state index contributed by atoms with van der Waals surface area (Å²) in [5, 5.41) is 10.8. The fourth-order valence-corrected chi connectivity index (χ4v) is 4.11. The van der Waals surface area contributed by atoms with E-state index < -0.39 is 10.0 Å². The summed E-state index contributed by atoms with van der Waals surface area (Å²) in [5.41, 5.74) is 0. The lowest BCUT2D eigenvalue weighted by molar-refractivity contribution is 0.282. The average Bonchev–Trinajstić information content (AvgIpc) is 2.92. The maximum Gasteiger partial charge on any atom is 0.244 e. The molecule has 0 radical (unpaired) electrons. The zero-order valence-electron chi connectivity index (χ0n) is 9.09. The van der Waals surface area contributed by atoms with Crippen molar-refractivity contribution in [3.05, 3.63) is 16.3 Å². The number of nitrogens with zero attached hydrogens (tertiary/aromatic N) is 1. The zero-order chi connectivity index (χ0) is 11.8. The molecule has 1 aliphatic carbocycles. The quantitative estimate of drug-likeness (QED) is 0.868. The number of aliphatic hydroxyl groups is 1. The molecule has 2 rings (SSSR count). The first-order valence-corrected chi connectivity index (χ1v) is 7.51. The van der Waals surface area contributed by atoms with Crippen molar-refractivity contribution in [1.29, 1.82) is 0 Å². The zero-order valence-corrected chi connectivity index (χ0v) is 10.7. The summed E-state index contributed by atoms with van der Waals surface area (Å²) in [4.78, 5) is 0.769. The van der Waals surface area contributed by atoms with Crippen LogP contribution in [0.1, 0.15) is 17.7 Å². The molecule has 0 aliphatic heterocycles. The van der Waals surface area contributed by atoms with Crippen molar-refractivity contribution in [3.8, 4) is 0 Å². The van der Waals surface area contributed by atoms with Gasteiger partial charge in [-0.05, 0) is 30.2 Å². The molecule has 1 fully saturated rings. The van der Waals surface area contributed by atoms with Crippen LogP contribution in [-0.4, -0.2) is 31.4 Å². The number of thiophene rings is 1. The fraction of sp³-hybridized carbons (Fsp3) is 0.600. The number of hydrogen-bond acceptors (Lipinski definition) is 4.